The smallest absolute Gasteiger partial charge is 0.243 e. The lowest BCUT2D eigenvalue weighted by Gasteiger charge is -2.18. The highest BCUT2D eigenvalue weighted by atomic mass is 35.5. The predicted octanol–water partition coefficient (Wildman–Crippen LogP) is 2.40. The SMILES string of the molecule is CC(=O)Nc1ccc(NC(=O)C(C)(C)N)cc1Cl.Cl. The fourth-order valence-electron chi connectivity index (χ4n) is 1.18. The van der Waals surface area contributed by atoms with E-state index in [1.165, 1.54) is 6.92 Å². The zero-order valence-electron chi connectivity index (χ0n) is 10.9. The van der Waals surface area contributed by atoms with Crippen LogP contribution in [0, 0.1) is 0 Å². The summed E-state index contributed by atoms with van der Waals surface area (Å²) in [4.78, 5) is 22.6. The zero-order chi connectivity index (χ0) is 13.9. The summed E-state index contributed by atoms with van der Waals surface area (Å²) in [5.74, 6) is -0.525. The van der Waals surface area contributed by atoms with E-state index in [4.69, 9.17) is 17.3 Å². The Morgan fingerprint density at radius 2 is 1.84 bits per heavy atom. The first kappa shape index (κ1) is 17.7. The van der Waals surface area contributed by atoms with Crippen molar-refractivity contribution >= 4 is 47.2 Å². The molecule has 7 heteroatoms. The summed E-state index contributed by atoms with van der Waals surface area (Å²) in [5, 5.41) is 5.56. The highest BCUT2D eigenvalue weighted by Crippen LogP contribution is 2.25. The fourth-order valence-corrected chi connectivity index (χ4v) is 1.40. The van der Waals surface area contributed by atoms with Crippen molar-refractivity contribution < 1.29 is 9.59 Å². The van der Waals surface area contributed by atoms with Gasteiger partial charge in [-0.25, -0.2) is 0 Å². The molecule has 0 radical (unpaired) electrons. The maximum atomic E-state index is 11.7. The molecule has 0 unspecified atom stereocenters. The van der Waals surface area contributed by atoms with Crippen LogP contribution in [0.5, 0.6) is 0 Å². The Labute approximate surface area is 123 Å². The molecule has 0 spiro atoms. The number of nitrogens with two attached hydrogens (primary N) is 1. The number of nitrogens with one attached hydrogen (secondary N) is 2. The second-order valence-electron chi connectivity index (χ2n) is 4.55. The third kappa shape index (κ3) is 5.46. The standard InChI is InChI=1S/C12H16ClN3O2.ClH/c1-7(17)15-10-5-4-8(6-9(10)13)16-11(18)12(2,3)14;/h4-6H,14H2,1-3H3,(H,15,17)(H,16,18);1H. The number of amides is 2. The first-order valence-corrected chi connectivity index (χ1v) is 5.75. The molecule has 0 aliphatic rings. The highest BCUT2D eigenvalue weighted by Gasteiger charge is 2.21. The Morgan fingerprint density at radius 3 is 2.26 bits per heavy atom. The lowest BCUT2D eigenvalue weighted by molar-refractivity contribution is -0.120. The van der Waals surface area contributed by atoms with E-state index in [1.54, 1.807) is 32.0 Å². The minimum atomic E-state index is -0.969. The van der Waals surface area contributed by atoms with Gasteiger partial charge in [0.25, 0.3) is 0 Å². The van der Waals surface area contributed by atoms with Crippen LogP contribution in [0.3, 0.4) is 0 Å². The maximum Gasteiger partial charge on any atom is 0.243 e. The van der Waals surface area contributed by atoms with Gasteiger partial charge in [-0.1, -0.05) is 11.6 Å². The Morgan fingerprint density at radius 1 is 1.26 bits per heavy atom. The van der Waals surface area contributed by atoms with E-state index >= 15 is 0 Å². The molecule has 1 aromatic rings. The van der Waals surface area contributed by atoms with Crippen molar-refractivity contribution in [1.29, 1.82) is 0 Å². The van der Waals surface area contributed by atoms with E-state index in [0.717, 1.165) is 0 Å². The van der Waals surface area contributed by atoms with Gasteiger partial charge in [0.1, 0.15) is 0 Å². The lowest BCUT2D eigenvalue weighted by Crippen LogP contribution is -2.45. The fraction of sp³-hybridized carbons (Fsp3) is 0.333. The summed E-state index contributed by atoms with van der Waals surface area (Å²) in [7, 11) is 0. The summed E-state index contributed by atoms with van der Waals surface area (Å²) in [6.45, 7) is 4.61. The molecule has 0 saturated carbocycles. The molecule has 0 bridgehead atoms. The number of halogens is 2. The number of carbonyl (C=O) groups excluding carboxylic acids is 2. The highest BCUT2D eigenvalue weighted by molar-refractivity contribution is 6.34. The van der Waals surface area contributed by atoms with Gasteiger partial charge >= 0.3 is 0 Å². The monoisotopic (exact) mass is 305 g/mol. The van der Waals surface area contributed by atoms with Crippen LogP contribution in [0.4, 0.5) is 11.4 Å². The quantitative estimate of drug-likeness (QED) is 0.801. The third-order valence-electron chi connectivity index (χ3n) is 2.12. The van der Waals surface area contributed by atoms with Crippen molar-refractivity contribution in [2.45, 2.75) is 26.3 Å². The molecule has 0 heterocycles. The van der Waals surface area contributed by atoms with E-state index in [-0.39, 0.29) is 24.2 Å². The predicted molar refractivity (Wildman–Crippen MR) is 79.9 cm³/mol. The molecule has 1 aromatic carbocycles. The van der Waals surface area contributed by atoms with Crippen molar-refractivity contribution in [3.63, 3.8) is 0 Å². The zero-order valence-corrected chi connectivity index (χ0v) is 12.5. The normalized spacial score (nSPS) is 10.4. The van der Waals surface area contributed by atoms with Crippen LogP contribution in [0.1, 0.15) is 20.8 Å². The van der Waals surface area contributed by atoms with Crippen LogP contribution in [0.2, 0.25) is 5.02 Å². The molecule has 0 aliphatic carbocycles. The largest absolute Gasteiger partial charge is 0.325 e. The molecule has 106 valence electrons. The first-order chi connectivity index (χ1) is 8.20. The number of carbonyl (C=O) groups is 2. The van der Waals surface area contributed by atoms with Crippen molar-refractivity contribution in [3.05, 3.63) is 23.2 Å². The van der Waals surface area contributed by atoms with Gasteiger partial charge in [0, 0.05) is 12.6 Å². The summed E-state index contributed by atoms with van der Waals surface area (Å²) < 4.78 is 0. The molecule has 5 nitrogen and oxygen atoms in total. The van der Waals surface area contributed by atoms with Crippen molar-refractivity contribution in [2.75, 3.05) is 10.6 Å². The van der Waals surface area contributed by atoms with E-state index in [1.807, 2.05) is 0 Å². The second kappa shape index (κ2) is 6.75. The van der Waals surface area contributed by atoms with E-state index in [0.29, 0.717) is 16.4 Å². The van der Waals surface area contributed by atoms with Crippen LogP contribution in [0.25, 0.3) is 0 Å². The second-order valence-corrected chi connectivity index (χ2v) is 4.96. The number of benzene rings is 1. The van der Waals surface area contributed by atoms with E-state index in [2.05, 4.69) is 10.6 Å². The van der Waals surface area contributed by atoms with Crippen LogP contribution < -0.4 is 16.4 Å². The van der Waals surface area contributed by atoms with Gasteiger partial charge in [-0.2, -0.15) is 0 Å². The molecule has 0 atom stereocenters. The van der Waals surface area contributed by atoms with Gasteiger partial charge < -0.3 is 16.4 Å². The summed E-state index contributed by atoms with van der Waals surface area (Å²) in [6, 6.07) is 4.81. The minimum absolute atomic E-state index is 0. The van der Waals surface area contributed by atoms with Crippen LogP contribution >= 0.6 is 24.0 Å². The Balaban J connectivity index is 0.00000324. The van der Waals surface area contributed by atoms with E-state index in [9.17, 15) is 9.59 Å². The van der Waals surface area contributed by atoms with Gasteiger partial charge in [0.15, 0.2) is 0 Å². The van der Waals surface area contributed by atoms with Gasteiger partial charge in [0.2, 0.25) is 11.8 Å². The van der Waals surface area contributed by atoms with E-state index < -0.39 is 5.54 Å². The molecule has 4 N–H and O–H groups in total. The Kier molecular flexibility index (Phi) is 6.29. The number of anilines is 2. The van der Waals surface area contributed by atoms with Crippen molar-refractivity contribution in [3.8, 4) is 0 Å². The number of rotatable bonds is 3. The summed E-state index contributed by atoms with van der Waals surface area (Å²) >= 11 is 5.97. The maximum absolute atomic E-state index is 11.7. The lowest BCUT2D eigenvalue weighted by atomic mass is 10.1. The number of hydrogen-bond donors (Lipinski definition) is 3. The molecule has 0 fully saturated rings. The Bertz CT molecular complexity index is 484. The molecule has 0 aliphatic heterocycles. The molecule has 0 aromatic heterocycles. The Hall–Kier alpha value is -1.30. The van der Waals surface area contributed by atoms with Crippen LogP contribution in [-0.4, -0.2) is 17.4 Å². The van der Waals surface area contributed by atoms with Crippen molar-refractivity contribution in [2.24, 2.45) is 5.73 Å². The van der Waals surface area contributed by atoms with Crippen LogP contribution in [-0.2, 0) is 9.59 Å². The topological polar surface area (TPSA) is 84.2 Å². The van der Waals surface area contributed by atoms with Gasteiger partial charge in [-0.3, -0.25) is 9.59 Å². The summed E-state index contributed by atoms with van der Waals surface area (Å²) in [6.07, 6.45) is 0. The van der Waals surface area contributed by atoms with Crippen molar-refractivity contribution in [1.82, 2.24) is 0 Å². The van der Waals surface area contributed by atoms with Gasteiger partial charge in [-0.05, 0) is 32.0 Å². The van der Waals surface area contributed by atoms with Crippen LogP contribution in [0.15, 0.2) is 18.2 Å². The minimum Gasteiger partial charge on any atom is -0.325 e. The molecular weight excluding hydrogens is 289 g/mol. The average molecular weight is 306 g/mol. The first-order valence-electron chi connectivity index (χ1n) is 5.37. The molecular formula is C12H17Cl2N3O2. The third-order valence-corrected chi connectivity index (χ3v) is 2.44. The molecule has 0 saturated heterocycles. The average Bonchev–Trinajstić information content (AvgIpc) is 2.20. The molecule has 19 heavy (non-hydrogen) atoms. The van der Waals surface area contributed by atoms with Gasteiger partial charge in [-0.15, -0.1) is 12.4 Å². The molecule has 2 amide bonds. The molecule has 1 rings (SSSR count). The number of hydrogen-bond acceptors (Lipinski definition) is 3. The van der Waals surface area contributed by atoms with Gasteiger partial charge in [0.05, 0.1) is 16.2 Å². The summed E-state index contributed by atoms with van der Waals surface area (Å²) in [5.41, 5.74) is 5.71.